The number of fused-ring (bicyclic) bond motifs is 2. The van der Waals surface area contributed by atoms with Crippen molar-refractivity contribution in [3.8, 4) is 11.8 Å². The molecule has 3 aliphatic heterocycles. The summed E-state index contributed by atoms with van der Waals surface area (Å²) in [7, 11) is -3.10. The van der Waals surface area contributed by atoms with E-state index in [4.69, 9.17) is 9.26 Å². The Hall–Kier alpha value is -5.55. The molecule has 4 heterocycles. The number of amides is 1. The molecule has 2 aromatic carbocycles. The van der Waals surface area contributed by atoms with Crippen LogP contribution in [0.5, 0.6) is 0 Å². The SMILES string of the molecule is CCCN1/C(=C\C=C2/CCCC(/C=C/C3=[N+](CCC)c4ccccc4C3(C)C)=C2NCCC(=O)NCC#CCc2cn(C3CCC(COP(=O)(O)OC)O3)c(=O)[nH]c2=O)C(C)(C)c2ccccc21. The molecule has 14 nitrogen and oxygen atoms in total. The van der Waals surface area contributed by atoms with Gasteiger partial charge in [-0.2, -0.15) is 4.58 Å². The summed E-state index contributed by atoms with van der Waals surface area (Å²) in [6, 6.07) is 17.5. The first-order valence-electron chi connectivity index (χ1n) is 24.0. The van der Waals surface area contributed by atoms with Crippen molar-refractivity contribution in [3.63, 3.8) is 0 Å². The summed E-state index contributed by atoms with van der Waals surface area (Å²) in [6.45, 7) is 15.9. The van der Waals surface area contributed by atoms with E-state index >= 15 is 0 Å². The Morgan fingerprint density at radius 2 is 1.76 bits per heavy atom. The highest BCUT2D eigenvalue weighted by atomic mass is 31.2. The molecule has 0 radical (unpaired) electrons. The number of phosphoric acid groups is 1. The lowest BCUT2D eigenvalue weighted by atomic mass is 9.81. The maximum absolute atomic E-state index is 13.2. The highest BCUT2D eigenvalue weighted by Gasteiger charge is 2.44. The quantitative estimate of drug-likeness (QED) is 0.0556. The number of para-hydroxylation sites is 2. The number of allylic oxidation sites excluding steroid dienone is 7. The Balaban J connectivity index is 1.05. The molecule has 68 heavy (non-hydrogen) atoms. The highest BCUT2D eigenvalue weighted by molar-refractivity contribution is 7.47. The lowest BCUT2D eigenvalue weighted by molar-refractivity contribution is -0.437. The van der Waals surface area contributed by atoms with E-state index in [0.717, 1.165) is 58.0 Å². The normalized spacial score (nSPS) is 21.6. The number of nitrogens with one attached hydrogen (secondary N) is 3. The highest BCUT2D eigenvalue weighted by Crippen LogP contribution is 2.48. The van der Waals surface area contributed by atoms with Gasteiger partial charge in [0.25, 0.3) is 5.56 Å². The summed E-state index contributed by atoms with van der Waals surface area (Å²) in [5, 5.41) is 6.61. The summed E-state index contributed by atoms with van der Waals surface area (Å²) in [6.07, 6.45) is 15.5. The third-order valence-electron chi connectivity index (χ3n) is 13.4. The second-order valence-corrected chi connectivity index (χ2v) is 20.4. The van der Waals surface area contributed by atoms with E-state index in [1.807, 2.05) is 0 Å². The summed E-state index contributed by atoms with van der Waals surface area (Å²) in [4.78, 5) is 52.9. The molecule has 1 fully saturated rings. The summed E-state index contributed by atoms with van der Waals surface area (Å²) < 4.78 is 30.7. The van der Waals surface area contributed by atoms with Crippen LogP contribution in [0.25, 0.3) is 0 Å². The molecule has 1 amide bonds. The van der Waals surface area contributed by atoms with E-state index in [1.165, 1.54) is 55.8 Å². The Morgan fingerprint density at radius 3 is 2.53 bits per heavy atom. The van der Waals surface area contributed by atoms with Crippen molar-refractivity contribution in [2.45, 2.75) is 122 Å². The monoisotopic (exact) mass is 947 g/mol. The minimum Gasteiger partial charge on any atom is -0.384 e. The van der Waals surface area contributed by atoms with Crippen molar-refractivity contribution in [2.75, 3.05) is 44.8 Å². The van der Waals surface area contributed by atoms with Gasteiger partial charge in [-0.15, -0.1) is 0 Å². The zero-order valence-corrected chi connectivity index (χ0v) is 41.5. The van der Waals surface area contributed by atoms with Gasteiger partial charge in [-0.25, -0.2) is 9.36 Å². The molecule has 3 aromatic rings. The Morgan fingerprint density at radius 1 is 1.00 bits per heavy atom. The summed E-state index contributed by atoms with van der Waals surface area (Å²) in [5.74, 6) is 5.72. The van der Waals surface area contributed by atoms with E-state index in [-0.39, 0.29) is 48.3 Å². The molecular weight excluding hydrogens is 880 g/mol. The first-order chi connectivity index (χ1) is 32.6. The van der Waals surface area contributed by atoms with Crippen molar-refractivity contribution in [2.24, 2.45) is 0 Å². The molecule has 7 rings (SSSR count). The Bertz CT molecular complexity index is 2770. The van der Waals surface area contributed by atoms with Crippen LogP contribution in [-0.2, 0) is 40.4 Å². The van der Waals surface area contributed by atoms with Crippen LogP contribution in [0.4, 0.5) is 11.4 Å². The van der Waals surface area contributed by atoms with Gasteiger partial charge in [-0.3, -0.25) is 28.2 Å². The van der Waals surface area contributed by atoms with Crippen molar-refractivity contribution < 1.29 is 32.6 Å². The number of nitrogens with zero attached hydrogens (tertiary/aromatic N) is 3. The third-order valence-corrected chi connectivity index (χ3v) is 14.4. The first-order valence-corrected chi connectivity index (χ1v) is 25.5. The lowest BCUT2D eigenvalue weighted by Gasteiger charge is -2.27. The molecule has 0 spiro atoms. The molecule has 3 atom stereocenters. The summed E-state index contributed by atoms with van der Waals surface area (Å²) in [5.41, 5.74) is 10.0. The maximum Gasteiger partial charge on any atom is 0.472 e. The van der Waals surface area contributed by atoms with Crippen LogP contribution in [0, 0.1) is 11.8 Å². The van der Waals surface area contributed by atoms with E-state index < -0.39 is 31.4 Å². The van der Waals surface area contributed by atoms with Crippen LogP contribution in [0.2, 0.25) is 0 Å². The minimum atomic E-state index is -4.17. The van der Waals surface area contributed by atoms with E-state index in [9.17, 15) is 23.8 Å². The molecular formula is C53H68N6O8P+. The average molecular weight is 948 g/mol. The zero-order valence-electron chi connectivity index (χ0n) is 40.7. The van der Waals surface area contributed by atoms with Crippen molar-refractivity contribution in [1.82, 2.24) is 20.2 Å². The second kappa shape index (κ2) is 21.8. The summed E-state index contributed by atoms with van der Waals surface area (Å²) >= 11 is 0. The molecule has 3 unspecified atom stereocenters. The number of benzene rings is 2. The molecule has 0 bridgehead atoms. The Kier molecular flexibility index (Phi) is 16.1. The van der Waals surface area contributed by atoms with Gasteiger partial charge in [0.1, 0.15) is 12.8 Å². The number of aromatic amines is 1. The number of rotatable bonds is 18. The number of anilines is 1. The number of hydrogen-bond donors (Lipinski definition) is 4. The van der Waals surface area contributed by atoms with Crippen LogP contribution < -0.4 is 26.8 Å². The van der Waals surface area contributed by atoms with Crippen LogP contribution >= 0.6 is 7.82 Å². The van der Waals surface area contributed by atoms with Crippen molar-refractivity contribution >= 4 is 30.8 Å². The Labute approximate surface area is 400 Å². The van der Waals surface area contributed by atoms with Gasteiger partial charge in [0.05, 0.1) is 24.7 Å². The average Bonchev–Trinajstić information content (AvgIpc) is 3.94. The molecule has 4 N–H and O–H groups in total. The minimum absolute atomic E-state index is 0.0433. The van der Waals surface area contributed by atoms with Crippen LogP contribution in [0.3, 0.4) is 0 Å². The predicted octanol–water partition coefficient (Wildman–Crippen LogP) is 8.12. The van der Waals surface area contributed by atoms with Crippen LogP contribution in [0.1, 0.15) is 116 Å². The molecule has 15 heteroatoms. The lowest BCUT2D eigenvalue weighted by Crippen LogP contribution is -2.34. The van der Waals surface area contributed by atoms with Gasteiger partial charge >= 0.3 is 13.5 Å². The third kappa shape index (κ3) is 11.1. The number of hydrogen-bond acceptors (Lipinski definition) is 9. The number of phosphoric ester groups is 1. The maximum atomic E-state index is 13.2. The standard InChI is InChI=1S/C53H67N6O8P/c1-8-33-57-43-22-12-10-20-41(43)52(3,4)45(57)27-24-37-18-16-19-38(25-28-46-53(5,6)42-21-11-13-23-44(42)58(46)34-9-2)49(37)55-32-30-47(60)54-31-15-14-17-39-35-59(51(62)56-50(39)61)48-29-26-40(67-48)36-66-68(63,64)65-7/h10-13,20-25,27-28,35,40,48H,8-9,16-19,26,29-34,36H2,1-7H3,(H3,54,56,60,61,62,63,64)/p+1/b37-24+,45-27-. The van der Waals surface area contributed by atoms with Gasteiger partial charge < -0.3 is 25.2 Å². The largest absolute Gasteiger partial charge is 0.472 e. The molecule has 1 saturated heterocycles. The topological polar surface area (TPSA) is 167 Å². The molecule has 1 aliphatic carbocycles. The van der Waals surface area contributed by atoms with Crippen molar-refractivity contribution in [3.05, 3.63) is 139 Å². The van der Waals surface area contributed by atoms with Gasteiger partial charge in [-0.05, 0) is 81.2 Å². The van der Waals surface area contributed by atoms with Crippen molar-refractivity contribution in [1.29, 1.82) is 0 Å². The van der Waals surface area contributed by atoms with Crippen LogP contribution in [0.15, 0.2) is 111 Å². The van der Waals surface area contributed by atoms with Gasteiger partial charge in [-0.1, -0.05) is 88.1 Å². The number of ether oxygens (including phenoxy) is 1. The predicted molar refractivity (Wildman–Crippen MR) is 267 cm³/mol. The number of aromatic nitrogens is 2. The molecule has 1 aromatic heterocycles. The smallest absolute Gasteiger partial charge is 0.384 e. The van der Waals surface area contributed by atoms with E-state index in [1.54, 1.807) is 0 Å². The zero-order chi connectivity index (χ0) is 48.6. The number of carbonyl (C=O) groups excluding carboxylic acids is 1. The number of H-pyrrole nitrogens is 1. The fourth-order valence-corrected chi connectivity index (χ4v) is 10.4. The van der Waals surface area contributed by atoms with Crippen LogP contribution in [-0.4, -0.2) is 76.6 Å². The van der Waals surface area contributed by atoms with Gasteiger partial charge in [0, 0.05) is 91.4 Å². The fraction of sp³-hybridized carbons (Fsp3) is 0.472. The van der Waals surface area contributed by atoms with Gasteiger partial charge in [0.15, 0.2) is 5.71 Å². The van der Waals surface area contributed by atoms with Gasteiger partial charge in [0.2, 0.25) is 11.6 Å². The van der Waals surface area contributed by atoms with E-state index in [0.29, 0.717) is 19.4 Å². The molecule has 0 saturated carbocycles. The van der Waals surface area contributed by atoms with E-state index in [2.05, 4.69) is 156 Å². The fourth-order valence-electron chi connectivity index (χ4n) is 9.92. The number of carbonyl (C=O) groups is 1. The molecule has 362 valence electrons. The molecule has 4 aliphatic rings. The second-order valence-electron chi connectivity index (χ2n) is 18.8. The first kappa shape index (κ1) is 50.3.